The number of rotatable bonds is 0. The number of hydrogen-bond donors (Lipinski definition) is 1. The van der Waals surface area contributed by atoms with Crippen molar-refractivity contribution in [2.75, 3.05) is 5.73 Å². The monoisotopic (exact) mass is 176 g/mol. The number of nitrogens with two attached hydrogens (primary N) is 1. The Morgan fingerprint density at radius 1 is 1.23 bits per heavy atom. The van der Waals surface area contributed by atoms with Gasteiger partial charge in [0.2, 0.25) is 0 Å². The molecule has 0 bridgehead atoms. The van der Waals surface area contributed by atoms with E-state index in [0.717, 1.165) is 22.6 Å². The number of hydrogen-bond acceptors (Lipinski definition) is 3. The first-order chi connectivity index (χ1) is 6.09. The predicted octanol–water partition coefficient (Wildman–Crippen LogP) is 1.24. The van der Waals surface area contributed by atoms with Gasteiger partial charge in [-0.25, -0.2) is 9.50 Å². The first-order valence-electron chi connectivity index (χ1n) is 4.18. The minimum atomic E-state index is 0.670. The summed E-state index contributed by atoms with van der Waals surface area (Å²) in [6, 6.07) is 0. The summed E-state index contributed by atoms with van der Waals surface area (Å²) in [6.07, 6.45) is 1.95. The molecule has 0 amide bonds. The topological polar surface area (TPSA) is 56.2 Å². The Bertz CT molecular complexity index is 470. The number of nitrogens with zero attached hydrogens (tertiary/aromatic N) is 3. The SMILES string of the molecule is Cc1cn2nc(C)c(N)c2nc1C. The van der Waals surface area contributed by atoms with Crippen LogP contribution in [0.1, 0.15) is 17.0 Å². The van der Waals surface area contributed by atoms with E-state index in [2.05, 4.69) is 10.1 Å². The Kier molecular flexibility index (Phi) is 1.52. The minimum Gasteiger partial charge on any atom is -0.394 e. The zero-order valence-corrected chi connectivity index (χ0v) is 8.00. The van der Waals surface area contributed by atoms with Crippen molar-refractivity contribution < 1.29 is 0 Å². The van der Waals surface area contributed by atoms with Crippen LogP contribution in [-0.4, -0.2) is 14.6 Å². The summed E-state index contributed by atoms with van der Waals surface area (Å²) in [7, 11) is 0. The largest absolute Gasteiger partial charge is 0.394 e. The first kappa shape index (κ1) is 8.04. The van der Waals surface area contributed by atoms with E-state index in [4.69, 9.17) is 5.73 Å². The Morgan fingerprint density at radius 2 is 1.92 bits per heavy atom. The molecule has 2 rings (SSSR count). The number of aryl methyl sites for hydroxylation is 3. The predicted molar refractivity (Wildman–Crippen MR) is 51.6 cm³/mol. The molecule has 4 heteroatoms. The third-order valence-corrected chi connectivity index (χ3v) is 2.27. The molecule has 0 atom stereocenters. The average Bonchev–Trinajstić information content (AvgIpc) is 2.32. The van der Waals surface area contributed by atoms with Gasteiger partial charge in [0.25, 0.3) is 0 Å². The summed E-state index contributed by atoms with van der Waals surface area (Å²) in [5.41, 5.74) is 10.2. The molecule has 0 saturated heterocycles. The van der Waals surface area contributed by atoms with Crippen molar-refractivity contribution in [1.82, 2.24) is 14.6 Å². The zero-order chi connectivity index (χ0) is 9.59. The molecular weight excluding hydrogens is 164 g/mol. The highest BCUT2D eigenvalue weighted by molar-refractivity contribution is 5.67. The van der Waals surface area contributed by atoms with E-state index in [9.17, 15) is 0 Å². The normalized spacial score (nSPS) is 11.0. The van der Waals surface area contributed by atoms with Crippen molar-refractivity contribution in [3.63, 3.8) is 0 Å². The Balaban J connectivity index is 2.89. The van der Waals surface area contributed by atoms with Crippen molar-refractivity contribution in [2.24, 2.45) is 0 Å². The van der Waals surface area contributed by atoms with Crippen LogP contribution in [0, 0.1) is 20.8 Å². The minimum absolute atomic E-state index is 0.670. The fourth-order valence-electron chi connectivity index (χ4n) is 1.27. The van der Waals surface area contributed by atoms with E-state index in [0.29, 0.717) is 5.69 Å². The van der Waals surface area contributed by atoms with Gasteiger partial charge in [0, 0.05) is 11.9 Å². The van der Waals surface area contributed by atoms with Crippen LogP contribution in [0.25, 0.3) is 5.65 Å². The molecule has 0 fully saturated rings. The molecule has 0 radical (unpaired) electrons. The third kappa shape index (κ3) is 1.06. The molecule has 2 N–H and O–H groups in total. The number of aromatic nitrogens is 3. The summed E-state index contributed by atoms with van der Waals surface area (Å²) in [5, 5.41) is 4.24. The highest BCUT2D eigenvalue weighted by atomic mass is 15.3. The molecular formula is C9H12N4. The van der Waals surface area contributed by atoms with Crippen LogP contribution in [-0.2, 0) is 0 Å². The van der Waals surface area contributed by atoms with Gasteiger partial charge in [-0.2, -0.15) is 5.10 Å². The molecule has 0 aromatic carbocycles. The van der Waals surface area contributed by atoms with Crippen LogP contribution in [0.3, 0.4) is 0 Å². The quantitative estimate of drug-likeness (QED) is 0.657. The molecule has 4 nitrogen and oxygen atoms in total. The third-order valence-electron chi connectivity index (χ3n) is 2.27. The standard InChI is InChI=1S/C9H12N4/c1-5-4-13-9(11-6(5)2)8(10)7(3)12-13/h4H,10H2,1-3H3. The van der Waals surface area contributed by atoms with Gasteiger partial charge >= 0.3 is 0 Å². The molecule has 0 aliphatic rings. The van der Waals surface area contributed by atoms with Gasteiger partial charge in [0.05, 0.1) is 5.69 Å². The molecule has 68 valence electrons. The summed E-state index contributed by atoms with van der Waals surface area (Å²) < 4.78 is 1.73. The van der Waals surface area contributed by atoms with Crippen LogP contribution in [0.5, 0.6) is 0 Å². The summed E-state index contributed by atoms with van der Waals surface area (Å²) in [4.78, 5) is 4.37. The molecule has 0 spiro atoms. The van der Waals surface area contributed by atoms with E-state index in [-0.39, 0.29) is 0 Å². The molecule has 2 aromatic rings. The Morgan fingerprint density at radius 3 is 2.62 bits per heavy atom. The molecule has 0 saturated carbocycles. The molecule has 0 aliphatic carbocycles. The smallest absolute Gasteiger partial charge is 0.178 e. The van der Waals surface area contributed by atoms with Gasteiger partial charge in [-0.1, -0.05) is 0 Å². The van der Waals surface area contributed by atoms with E-state index in [1.807, 2.05) is 27.0 Å². The Labute approximate surface area is 76.4 Å². The van der Waals surface area contributed by atoms with Gasteiger partial charge < -0.3 is 5.73 Å². The summed E-state index contributed by atoms with van der Waals surface area (Å²) >= 11 is 0. The molecule has 13 heavy (non-hydrogen) atoms. The van der Waals surface area contributed by atoms with Gasteiger partial charge in [-0.05, 0) is 26.3 Å². The Hall–Kier alpha value is -1.58. The van der Waals surface area contributed by atoms with Crippen molar-refractivity contribution >= 4 is 11.3 Å². The van der Waals surface area contributed by atoms with Crippen LogP contribution >= 0.6 is 0 Å². The lowest BCUT2D eigenvalue weighted by atomic mass is 10.3. The number of fused-ring (bicyclic) bond motifs is 1. The van der Waals surface area contributed by atoms with E-state index in [1.165, 1.54) is 0 Å². The van der Waals surface area contributed by atoms with Gasteiger partial charge in [-0.15, -0.1) is 0 Å². The number of nitrogen functional groups attached to an aromatic ring is 1. The van der Waals surface area contributed by atoms with Crippen LogP contribution in [0.4, 0.5) is 5.69 Å². The first-order valence-corrected chi connectivity index (χ1v) is 4.18. The maximum absolute atomic E-state index is 5.81. The van der Waals surface area contributed by atoms with Crippen molar-refractivity contribution in [3.05, 3.63) is 23.1 Å². The van der Waals surface area contributed by atoms with Gasteiger partial charge in [0.15, 0.2) is 5.65 Å². The lowest BCUT2D eigenvalue weighted by molar-refractivity contribution is 0.897. The second-order valence-electron chi connectivity index (χ2n) is 3.28. The second-order valence-corrected chi connectivity index (χ2v) is 3.28. The number of anilines is 1. The van der Waals surface area contributed by atoms with Crippen LogP contribution < -0.4 is 5.73 Å². The summed E-state index contributed by atoms with van der Waals surface area (Å²) in [5.74, 6) is 0. The van der Waals surface area contributed by atoms with E-state index >= 15 is 0 Å². The maximum atomic E-state index is 5.81. The van der Waals surface area contributed by atoms with Crippen molar-refractivity contribution in [3.8, 4) is 0 Å². The fourth-order valence-corrected chi connectivity index (χ4v) is 1.27. The average molecular weight is 176 g/mol. The molecule has 2 aromatic heterocycles. The highest BCUT2D eigenvalue weighted by Gasteiger charge is 2.07. The lowest BCUT2D eigenvalue weighted by Gasteiger charge is -1.99. The highest BCUT2D eigenvalue weighted by Crippen LogP contribution is 2.16. The summed E-state index contributed by atoms with van der Waals surface area (Å²) in [6.45, 7) is 5.86. The van der Waals surface area contributed by atoms with Crippen molar-refractivity contribution in [1.29, 1.82) is 0 Å². The fraction of sp³-hybridized carbons (Fsp3) is 0.333. The van der Waals surface area contributed by atoms with Gasteiger partial charge in [-0.3, -0.25) is 0 Å². The second kappa shape index (κ2) is 2.45. The van der Waals surface area contributed by atoms with Crippen LogP contribution in [0.15, 0.2) is 6.20 Å². The van der Waals surface area contributed by atoms with Gasteiger partial charge in [0.1, 0.15) is 5.69 Å². The molecule has 0 aliphatic heterocycles. The van der Waals surface area contributed by atoms with E-state index in [1.54, 1.807) is 4.52 Å². The maximum Gasteiger partial charge on any atom is 0.178 e. The zero-order valence-electron chi connectivity index (χ0n) is 8.00. The lowest BCUT2D eigenvalue weighted by Crippen LogP contribution is -1.96. The molecule has 0 unspecified atom stereocenters. The molecule has 2 heterocycles. The van der Waals surface area contributed by atoms with Crippen molar-refractivity contribution in [2.45, 2.75) is 20.8 Å². The van der Waals surface area contributed by atoms with Crippen LogP contribution in [0.2, 0.25) is 0 Å². The van der Waals surface area contributed by atoms with E-state index < -0.39 is 0 Å².